The molecular formula is C14H23N. The lowest BCUT2D eigenvalue weighted by Crippen LogP contribution is -2.41. The zero-order chi connectivity index (χ0) is 11.3. The quantitative estimate of drug-likeness (QED) is 0.795. The lowest BCUT2D eigenvalue weighted by Gasteiger charge is -2.31. The van der Waals surface area contributed by atoms with Gasteiger partial charge in [0, 0.05) is 6.04 Å². The van der Waals surface area contributed by atoms with Crippen LogP contribution in [-0.4, -0.2) is 12.6 Å². The maximum Gasteiger partial charge on any atom is 0.0156 e. The van der Waals surface area contributed by atoms with Crippen molar-refractivity contribution in [2.75, 3.05) is 6.54 Å². The standard InChI is InChI=1S/C14H23N/c1-5-15-13(14(2,3)4)11-12-9-7-6-8-10-12/h6-10,13,15H,5,11H2,1-4H3. The van der Waals surface area contributed by atoms with Crippen molar-refractivity contribution in [2.45, 2.75) is 40.2 Å². The summed E-state index contributed by atoms with van der Waals surface area (Å²) in [5.74, 6) is 0. The van der Waals surface area contributed by atoms with Gasteiger partial charge in [0.2, 0.25) is 0 Å². The smallest absolute Gasteiger partial charge is 0.0156 e. The molecule has 1 unspecified atom stereocenters. The van der Waals surface area contributed by atoms with Crippen LogP contribution in [-0.2, 0) is 6.42 Å². The van der Waals surface area contributed by atoms with Gasteiger partial charge < -0.3 is 5.32 Å². The van der Waals surface area contributed by atoms with Crippen molar-refractivity contribution in [2.24, 2.45) is 5.41 Å². The molecule has 0 fully saturated rings. The topological polar surface area (TPSA) is 12.0 Å². The first-order chi connectivity index (χ1) is 7.04. The predicted molar refractivity (Wildman–Crippen MR) is 67.1 cm³/mol. The third-order valence-electron chi connectivity index (χ3n) is 2.78. The molecule has 0 radical (unpaired) electrons. The molecule has 1 rings (SSSR count). The number of hydrogen-bond donors (Lipinski definition) is 1. The second-order valence-electron chi connectivity index (χ2n) is 5.17. The second kappa shape index (κ2) is 5.32. The minimum Gasteiger partial charge on any atom is -0.313 e. The lowest BCUT2D eigenvalue weighted by atomic mass is 9.83. The van der Waals surface area contributed by atoms with Crippen LogP contribution in [0.4, 0.5) is 0 Å². The Morgan fingerprint density at radius 2 is 1.73 bits per heavy atom. The zero-order valence-electron chi connectivity index (χ0n) is 10.4. The summed E-state index contributed by atoms with van der Waals surface area (Å²) in [5, 5.41) is 3.57. The number of hydrogen-bond acceptors (Lipinski definition) is 1. The van der Waals surface area contributed by atoms with Crippen molar-refractivity contribution in [3.63, 3.8) is 0 Å². The van der Waals surface area contributed by atoms with E-state index >= 15 is 0 Å². The summed E-state index contributed by atoms with van der Waals surface area (Å²) in [6.45, 7) is 10.1. The molecule has 1 aromatic rings. The van der Waals surface area contributed by atoms with E-state index < -0.39 is 0 Å². The highest BCUT2D eigenvalue weighted by molar-refractivity contribution is 5.16. The molecule has 0 aliphatic rings. The Bertz CT molecular complexity index is 271. The summed E-state index contributed by atoms with van der Waals surface area (Å²) in [7, 11) is 0. The van der Waals surface area contributed by atoms with Crippen molar-refractivity contribution in [3.05, 3.63) is 35.9 Å². The third-order valence-corrected chi connectivity index (χ3v) is 2.78. The predicted octanol–water partition coefficient (Wildman–Crippen LogP) is 3.25. The van der Waals surface area contributed by atoms with E-state index in [4.69, 9.17) is 0 Å². The molecule has 0 aliphatic heterocycles. The van der Waals surface area contributed by atoms with E-state index in [1.165, 1.54) is 5.56 Å². The zero-order valence-corrected chi connectivity index (χ0v) is 10.4. The van der Waals surface area contributed by atoms with Crippen molar-refractivity contribution in [3.8, 4) is 0 Å². The first-order valence-electron chi connectivity index (χ1n) is 5.81. The molecule has 1 aromatic carbocycles. The van der Waals surface area contributed by atoms with E-state index in [1.807, 2.05) is 0 Å². The number of likely N-dealkylation sites (N-methyl/N-ethyl adjacent to an activating group) is 1. The van der Waals surface area contributed by atoms with Crippen LogP contribution in [0.15, 0.2) is 30.3 Å². The van der Waals surface area contributed by atoms with E-state index in [0.717, 1.165) is 13.0 Å². The van der Waals surface area contributed by atoms with Crippen LogP contribution in [0.5, 0.6) is 0 Å². The summed E-state index contributed by atoms with van der Waals surface area (Å²) in [6.07, 6.45) is 1.11. The largest absolute Gasteiger partial charge is 0.313 e. The molecule has 1 heteroatoms. The van der Waals surface area contributed by atoms with Crippen LogP contribution in [0.25, 0.3) is 0 Å². The van der Waals surface area contributed by atoms with Gasteiger partial charge in [0.05, 0.1) is 0 Å². The van der Waals surface area contributed by atoms with Gasteiger partial charge in [-0.25, -0.2) is 0 Å². The van der Waals surface area contributed by atoms with Crippen LogP contribution in [0, 0.1) is 5.41 Å². The Labute approximate surface area is 93.9 Å². The average Bonchev–Trinajstić information content (AvgIpc) is 2.17. The molecular weight excluding hydrogens is 182 g/mol. The third kappa shape index (κ3) is 4.05. The normalized spacial score (nSPS) is 13.9. The molecule has 1 nitrogen and oxygen atoms in total. The summed E-state index contributed by atoms with van der Waals surface area (Å²) in [4.78, 5) is 0. The molecule has 0 aliphatic carbocycles. The van der Waals surface area contributed by atoms with Crippen LogP contribution in [0.3, 0.4) is 0 Å². The highest BCUT2D eigenvalue weighted by atomic mass is 14.9. The average molecular weight is 205 g/mol. The first kappa shape index (κ1) is 12.3. The maximum atomic E-state index is 3.57. The van der Waals surface area contributed by atoms with Crippen molar-refractivity contribution < 1.29 is 0 Å². The fourth-order valence-corrected chi connectivity index (χ4v) is 1.78. The van der Waals surface area contributed by atoms with Crippen molar-refractivity contribution in [1.82, 2.24) is 5.32 Å². The molecule has 0 amide bonds. The molecule has 0 aromatic heterocycles. The molecule has 0 saturated heterocycles. The summed E-state index contributed by atoms with van der Waals surface area (Å²) < 4.78 is 0. The number of nitrogens with one attached hydrogen (secondary N) is 1. The Morgan fingerprint density at radius 3 is 2.20 bits per heavy atom. The summed E-state index contributed by atoms with van der Waals surface area (Å²) in [5.41, 5.74) is 1.73. The highest BCUT2D eigenvalue weighted by Gasteiger charge is 2.23. The SMILES string of the molecule is CCNC(Cc1ccccc1)C(C)(C)C. The first-order valence-corrected chi connectivity index (χ1v) is 5.81. The fraction of sp³-hybridized carbons (Fsp3) is 0.571. The lowest BCUT2D eigenvalue weighted by molar-refractivity contribution is 0.270. The van der Waals surface area contributed by atoms with Gasteiger partial charge >= 0.3 is 0 Å². The summed E-state index contributed by atoms with van der Waals surface area (Å²) >= 11 is 0. The van der Waals surface area contributed by atoms with Gasteiger partial charge in [0.25, 0.3) is 0 Å². The fourth-order valence-electron chi connectivity index (χ4n) is 1.78. The molecule has 15 heavy (non-hydrogen) atoms. The molecule has 0 saturated carbocycles. The van der Waals surface area contributed by atoms with Gasteiger partial charge in [-0.1, -0.05) is 58.0 Å². The van der Waals surface area contributed by atoms with Crippen LogP contribution in [0.1, 0.15) is 33.3 Å². The number of rotatable bonds is 4. The minimum absolute atomic E-state index is 0.311. The van der Waals surface area contributed by atoms with Crippen molar-refractivity contribution in [1.29, 1.82) is 0 Å². The van der Waals surface area contributed by atoms with E-state index in [9.17, 15) is 0 Å². The molecule has 0 bridgehead atoms. The van der Waals surface area contributed by atoms with Gasteiger partial charge in [-0.3, -0.25) is 0 Å². The second-order valence-corrected chi connectivity index (χ2v) is 5.17. The van der Waals surface area contributed by atoms with Gasteiger partial charge in [-0.2, -0.15) is 0 Å². The van der Waals surface area contributed by atoms with Crippen molar-refractivity contribution >= 4 is 0 Å². The molecule has 84 valence electrons. The van der Waals surface area contributed by atoms with E-state index in [1.54, 1.807) is 0 Å². The Kier molecular flexibility index (Phi) is 4.34. The van der Waals surface area contributed by atoms with Gasteiger partial charge in [0.1, 0.15) is 0 Å². The minimum atomic E-state index is 0.311. The van der Waals surface area contributed by atoms with Gasteiger partial charge in [-0.15, -0.1) is 0 Å². The molecule has 1 N–H and O–H groups in total. The summed E-state index contributed by atoms with van der Waals surface area (Å²) in [6, 6.07) is 11.3. The molecule has 0 heterocycles. The highest BCUT2D eigenvalue weighted by Crippen LogP contribution is 2.22. The van der Waals surface area contributed by atoms with Gasteiger partial charge in [-0.05, 0) is 23.9 Å². The van der Waals surface area contributed by atoms with E-state index in [-0.39, 0.29) is 0 Å². The van der Waals surface area contributed by atoms with Gasteiger partial charge in [0.15, 0.2) is 0 Å². The Balaban J connectivity index is 2.67. The van der Waals surface area contributed by atoms with E-state index in [2.05, 4.69) is 63.3 Å². The number of benzene rings is 1. The monoisotopic (exact) mass is 205 g/mol. The van der Waals surface area contributed by atoms with Crippen LogP contribution >= 0.6 is 0 Å². The maximum absolute atomic E-state index is 3.57. The Morgan fingerprint density at radius 1 is 1.13 bits per heavy atom. The molecule has 0 spiro atoms. The van der Waals surface area contributed by atoms with Crippen LogP contribution < -0.4 is 5.32 Å². The van der Waals surface area contributed by atoms with Crippen LogP contribution in [0.2, 0.25) is 0 Å². The van der Waals surface area contributed by atoms with E-state index in [0.29, 0.717) is 11.5 Å². The Hall–Kier alpha value is -0.820. The molecule has 1 atom stereocenters.